The van der Waals surface area contributed by atoms with E-state index in [1.165, 1.54) is 0 Å². The minimum absolute atomic E-state index is 0.101. The van der Waals surface area contributed by atoms with E-state index in [4.69, 9.17) is 0 Å². The molecule has 2 amide bonds. The number of hydrogen-bond acceptors (Lipinski definition) is 5. The predicted molar refractivity (Wildman–Crippen MR) is 127 cm³/mol. The number of amides is 2. The van der Waals surface area contributed by atoms with Crippen LogP contribution in [0.1, 0.15) is 38.4 Å². The van der Waals surface area contributed by atoms with Crippen LogP contribution in [0.5, 0.6) is 0 Å². The Labute approximate surface area is 191 Å². The van der Waals surface area contributed by atoms with Crippen LogP contribution in [0.25, 0.3) is 10.9 Å². The number of fused-ring (bicyclic) bond motifs is 2. The fraction of sp³-hybridized carbons (Fsp3) is 0.360. The summed E-state index contributed by atoms with van der Waals surface area (Å²) in [6.45, 7) is 3.01. The lowest BCUT2D eigenvalue weighted by Gasteiger charge is -2.45. The second-order valence-corrected chi connectivity index (χ2v) is 8.77. The Morgan fingerprint density at radius 2 is 1.82 bits per heavy atom. The SMILES string of the molecule is CCN(CC(=O)N1c2ccccc2NC(=O)C12CCCC2)Cc1nc2ccccc2c(=O)[nH]1. The van der Waals surface area contributed by atoms with Crippen molar-refractivity contribution in [1.29, 1.82) is 0 Å². The van der Waals surface area contributed by atoms with Crippen molar-refractivity contribution in [2.24, 2.45) is 0 Å². The van der Waals surface area contributed by atoms with Gasteiger partial charge in [-0.25, -0.2) is 4.98 Å². The molecule has 1 saturated carbocycles. The number of H-pyrrole nitrogens is 1. The summed E-state index contributed by atoms with van der Waals surface area (Å²) < 4.78 is 0. The lowest BCUT2D eigenvalue weighted by atomic mass is 9.89. The van der Waals surface area contributed by atoms with Gasteiger partial charge in [0.1, 0.15) is 11.4 Å². The monoisotopic (exact) mass is 445 g/mol. The number of anilines is 2. The molecule has 0 unspecified atom stereocenters. The molecule has 0 radical (unpaired) electrons. The number of carbonyl (C=O) groups is 2. The molecule has 0 saturated heterocycles. The zero-order chi connectivity index (χ0) is 23.0. The molecule has 0 atom stereocenters. The number of aromatic amines is 1. The van der Waals surface area contributed by atoms with Crippen LogP contribution < -0.4 is 15.8 Å². The van der Waals surface area contributed by atoms with Crippen LogP contribution in [0.15, 0.2) is 53.3 Å². The maximum absolute atomic E-state index is 13.7. The number of likely N-dealkylation sites (N-methyl/N-ethyl adjacent to an activating group) is 1. The van der Waals surface area contributed by atoms with Crippen LogP contribution in [0, 0.1) is 0 Å². The highest BCUT2D eigenvalue weighted by molar-refractivity contribution is 6.15. The van der Waals surface area contributed by atoms with Crippen LogP contribution in [0.2, 0.25) is 0 Å². The van der Waals surface area contributed by atoms with E-state index in [9.17, 15) is 14.4 Å². The van der Waals surface area contributed by atoms with E-state index >= 15 is 0 Å². The van der Waals surface area contributed by atoms with Gasteiger partial charge in [0.05, 0.1) is 35.4 Å². The molecule has 2 aromatic carbocycles. The Hall–Kier alpha value is -3.52. The van der Waals surface area contributed by atoms with Crippen molar-refractivity contribution < 1.29 is 9.59 Å². The van der Waals surface area contributed by atoms with Gasteiger partial charge < -0.3 is 10.3 Å². The molecule has 8 heteroatoms. The molecule has 1 fully saturated rings. The normalized spacial score (nSPS) is 16.9. The summed E-state index contributed by atoms with van der Waals surface area (Å²) in [5, 5.41) is 3.55. The second kappa shape index (κ2) is 8.44. The molecule has 1 aromatic heterocycles. The molecule has 2 heterocycles. The average molecular weight is 446 g/mol. The zero-order valence-electron chi connectivity index (χ0n) is 18.6. The summed E-state index contributed by atoms with van der Waals surface area (Å²) in [6.07, 6.45) is 3.15. The van der Waals surface area contributed by atoms with Crippen molar-refractivity contribution in [3.63, 3.8) is 0 Å². The van der Waals surface area contributed by atoms with E-state index in [2.05, 4.69) is 15.3 Å². The zero-order valence-corrected chi connectivity index (χ0v) is 18.6. The highest BCUT2D eigenvalue weighted by Gasteiger charge is 2.52. The van der Waals surface area contributed by atoms with Gasteiger partial charge in [-0.3, -0.25) is 24.2 Å². The van der Waals surface area contributed by atoms with Gasteiger partial charge in [-0.05, 0) is 43.7 Å². The van der Waals surface area contributed by atoms with Crippen LogP contribution in [-0.2, 0) is 16.1 Å². The second-order valence-electron chi connectivity index (χ2n) is 8.77. The number of carbonyl (C=O) groups excluding carboxylic acids is 2. The van der Waals surface area contributed by atoms with Gasteiger partial charge in [0.25, 0.3) is 11.5 Å². The molecule has 1 aliphatic carbocycles. The predicted octanol–water partition coefficient (Wildman–Crippen LogP) is 3.04. The molecular formula is C25H27N5O3. The van der Waals surface area contributed by atoms with E-state index in [0.29, 0.717) is 48.3 Å². The highest BCUT2D eigenvalue weighted by atomic mass is 16.2. The Morgan fingerprint density at radius 1 is 1.09 bits per heavy atom. The summed E-state index contributed by atoms with van der Waals surface area (Å²) in [7, 11) is 0. The topological polar surface area (TPSA) is 98.4 Å². The van der Waals surface area contributed by atoms with Crippen molar-refractivity contribution in [3.8, 4) is 0 Å². The molecule has 2 N–H and O–H groups in total. The fourth-order valence-electron chi connectivity index (χ4n) is 5.09. The van der Waals surface area contributed by atoms with Gasteiger partial charge in [0, 0.05) is 0 Å². The van der Waals surface area contributed by atoms with Crippen LogP contribution >= 0.6 is 0 Å². The number of hydrogen-bond donors (Lipinski definition) is 2. The number of rotatable bonds is 5. The first kappa shape index (κ1) is 21.3. The maximum Gasteiger partial charge on any atom is 0.258 e. The quantitative estimate of drug-likeness (QED) is 0.629. The molecular weight excluding hydrogens is 418 g/mol. The fourth-order valence-corrected chi connectivity index (χ4v) is 5.09. The van der Waals surface area contributed by atoms with Crippen molar-refractivity contribution in [2.45, 2.75) is 44.7 Å². The van der Waals surface area contributed by atoms with Crippen LogP contribution in [0.4, 0.5) is 11.4 Å². The minimum Gasteiger partial charge on any atom is -0.322 e. The summed E-state index contributed by atoms with van der Waals surface area (Å²) in [5.41, 5.74) is 1.02. The third-order valence-corrected chi connectivity index (χ3v) is 6.77. The van der Waals surface area contributed by atoms with Gasteiger partial charge in [0.15, 0.2) is 0 Å². The van der Waals surface area contributed by atoms with E-state index < -0.39 is 5.54 Å². The van der Waals surface area contributed by atoms with E-state index in [0.717, 1.165) is 18.5 Å². The maximum atomic E-state index is 13.7. The van der Waals surface area contributed by atoms with Gasteiger partial charge in [-0.15, -0.1) is 0 Å². The summed E-state index contributed by atoms with van der Waals surface area (Å²) in [4.78, 5) is 50.4. The van der Waals surface area contributed by atoms with Crippen molar-refractivity contribution >= 4 is 34.1 Å². The summed E-state index contributed by atoms with van der Waals surface area (Å²) in [5.74, 6) is 0.292. The molecule has 170 valence electrons. The summed E-state index contributed by atoms with van der Waals surface area (Å²) >= 11 is 0. The largest absolute Gasteiger partial charge is 0.322 e. The van der Waals surface area contributed by atoms with Crippen LogP contribution in [0.3, 0.4) is 0 Å². The minimum atomic E-state index is -0.833. The smallest absolute Gasteiger partial charge is 0.258 e. The Kier molecular flexibility index (Phi) is 5.46. The van der Waals surface area contributed by atoms with Crippen molar-refractivity contribution in [2.75, 3.05) is 23.3 Å². The number of nitrogens with one attached hydrogen (secondary N) is 2. The Bertz CT molecular complexity index is 1280. The van der Waals surface area contributed by atoms with E-state index in [1.807, 2.05) is 48.2 Å². The van der Waals surface area contributed by atoms with Crippen molar-refractivity contribution in [3.05, 3.63) is 64.7 Å². The van der Waals surface area contributed by atoms with Crippen LogP contribution in [-0.4, -0.2) is 45.3 Å². The van der Waals surface area contributed by atoms with Gasteiger partial charge >= 0.3 is 0 Å². The van der Waals surface area contributed by atoms with Crippen molar-refractivity contribution in [1.82, 2.24) is 14.9 Å². The number of nitrogens with zero attached hydrogens (tertiary/aromatic N) is 3. The molecule has 8 nitrogen and oxygen atoms in total. The molecule has 1 aliphatic heterocycles. The lowest BCUT2D eigenvalue weighted by Crippen LogP contribution is -2.62. The van der Waals surface area contributed by atoms with Gasteiger partial charge in [-0.2, -0.15) is 0 Å². The first-order valence-electron chi connectivity index (χ1n) is 11.5. The lowest BCUT2D eigenvalue weighted by molar-refractivity contribution is -0.128. The molecule has 0 bridgehead atoms. The average Bonchev–Trinajstić information content (AvgIpc) is 3.30. The van der Waals surface area contributed by atoms with E-state index in [1.54, 1.807) is 17.0 Å². The molecule has 2 aliphatic rings. The molecule has 5 rings (SSSR count). The Balaban J connectivity index is 1.43. The van der Waals surface area contributed by atoms with Gasteiger partial charge in [0.2, 0.25) is 5.91 Å². The first-order chi connectivity index (χ1) is 16.0. The number of benzene rings is 2. The molecule has 1 spiro atoms. The number of para-hydroxylation sites is 3. The highest BCUT2D eigenvalue weighted by Crippen LogP contribution is 2.45. The molecule has 33 heavy (non-hydrogen) atoms. The van der Waals surface area contributed by atoms with E-state index in [-0.39, 0.29) is 23.9 Å². The summed E-state index contributed by atoms with van der Waals surface area (Å²) in [6, 6.07) is 14.7. The third-order valence-electron chi connectivity index (χ3n) is 6.77. The molecule has 3 aromatic rings. The van der Waals surface area contributed by atoms with Gasteiger partial charge in [-0.1, -0.05) is 44.0 Å². The Morgan fingerprint density at radius 3 is 2.61 bits per heavy atom. The standard InChI is InChI=1S/C25H27N5O3/c1-2-29(15-21-26-18-10-4-3-9-17(18)23(32)28-21)16-22(31)30-20-12-6-5-11-19(20)27-24(33)25(30)13-7-8-14-25/h3-6,9-12H,2,7-8,13-16H2,1H3,(H,27,33)(H,26,28,32). The first-order valence-corrected chi connectivity index (χ1v) is 11.5. The third kappa shape index (κ3) is 3.70. The number of aromatic nitrogens is 2.